The maximum absolute atomic E-state index is 12.9. The summed E-state index contributed by atoms with van der Waals surface area (Å²) in [6.07, 6.45) is 3.92. The lowest BCUT2D eigenvalue weighted by Gasteiger charge is -2.37. The summed E-state index contributed by atoms with van der Waals surface area (Å²) in [5.41, 5.74) is -3.29. The van der Waals surface area contributed by atoms with Crippen LogP contribution in [-0.2, 0) is 21.3 Å². The Balaban J connectivity index is 0.000000387. The SMILES string of the molecule is CC(C)CC(O)(c1ccc2cc(OS(=O)(=O)C(F)(F)F)ccc2c1)c1cn(C(c2ccccc2)(c2ccccc2)c2ccccc2)cn1.N#Cc1cccc2ccccc12. The summed E-state index contributed by atoms with van der Waals surface area (Å²) in [5.74, 6) is -0.427. The molecule has 1 atom stereocenters. The number of fused-ring (bicyclic) bond motifs is 2. The van der Waals surface area contributed by atoms with Gasteiger partial charge in [0.25, 0.3) is 0 Å². The third-order valence-electron chi connectivity index (χ3n) is 10.4. The van der Waals surface area contributed by atoms with E-state index >= 15 is 0 Å². The number of aromatic nitrogens is 2. The van der Waals surface area contributed by atoms with Gasteiger partial charge < -0.3 is 13.9 Å². The zero-order valence-corrected chi connectivity index (χ0v) is 33.5. The number of nitrogens with zero attached hydrogens (tertiary/aromatic N) is 3. The van der Waals surface area contributed by atoms with E-state index in [0.29, 0.717) is 28.5 Å². The number of alkyl halides is 3. The minimum atomic E-state index is -5.82. The summed E-state index contributed by atoms with van der Waals surface area (Å²) >= 11 is 0. The molecule has 7 aromatic carbocycles. The molecule has 0 bridgehead atoms. The average molecular weight is 824 g/mol. The van der Waals surface area contributed by atoms with E-state index in [1.807, 2.05) is 122 Å². The van der Waals surface area contributed by atoms with Gasteiger partial charge in [0, 0.05) is 6.20 Å². The Labute approximate surface area is 346 Å². The maximum atomic E-state index is 12.9. The van der Waals surface area contributed by atoms with E-state index in [9.17, 15) is 26.7 Å². The van der Waals surface area contributed by atoms with Crippen LogP contribution in [0.1, 0.15) is 53.8 Å². The van der Waals surface area contributed by atoms with Gasteiger partial charge in [-0.3, -0.25) is 0 Å². The number of nitriles is 1. The highest BCUT2D eigenvalue weighted by Crippen LogP contribution is 2.43. The molecule has 302 valence electrons. The van der Waals surface area contributed by atoms with E-state index in [2.05, 4.69) is 46.7 Å². The third kappa shape index (κ3) is 8.12. The third-order valence-corrected chi connectivity index (χ3v) is 11.3. The predicted molar refractivity (Wildman–Crippen MR) is 228 cm³/mol. The van der Waals surface area contributed by atoms with Crippen molar-refractivity contribution in [2.75, 3.05) is 0 Å². The molecule has 1 N–H and O–H groups in total. The van der Waals surface area contributed by atoms with E-state index in [4.69, 9.17) is 10.2 Å². The van der Waals surface area contributed by atoms with Crippen LogP contribution >= 0.6 is 0 Å². The fraction of sp³-hybridized carbons (Fsp3) is 0.143. The topological polar surface area (TPSA) is 105 Å². The number of hydrogen-bond acceptors (Lipinski definition) is 6. The van der Waals surface area contributed by atoms with Crippen molar-refractivity contribution in [1.82, 2.24) is 9.55 Å². The Morgan fingerprint density at radius 3 is 1.78 bits per heavy atom. The van der Waals surface area contributed by atoms with Gasteiger partial charge in [0.05, 0.1) is 23.7 Å². The van der Waals surface area contributed by atoms with E-state index in [1.165, 1.54) is 12.1 Å². The van der Waals surface area contributed by atoms with Gasteiger partial charge in [0.2, 0.25) is 0 Å². The lowest BCUT2D eigenvalue weighted by atomic mass is 9.76. The Morgan fingerprint density at radius 1 is 0.683 bits per heavy atom. The van der Waals surface area contributed by atoms with E-state index in [-0.39, 0.29) is 5.92 Å². The highest BCUT2D eigenvalue weighted by molar-refractivity contribution is 7.88. The second kappa shape index (κ2) is 16.9. The highest BCUT2D eigenvalue weighted by Gasteiger charge is 2.48. The first-order valence-corrected chi connectivity index (χ1v) is 20.5. The van der Waals surface area contributed by atoms with Crippen molar-refractivity contribution < 1.29 is 30.9 Å². The Hall–Kier alpha value is -6.74. The van der Waals surface area contributed by atoms with Crippen LogP contribution in [0.4, 0.5) is 13.2 Å². The van der Waals surface area contributed by atoms with Crippen molar-refractivity contribution in [2.24, 2.45) is 5.92 Å². The molecule has 0 amide bonds. The van der Waals surface area contributed by atoms with Gasteiger partial charge in [-0.05, 0) is 80.4 Å². The summed E-state index contributed by atoms with van der Waals surface area (Å²) in [4.78, 5) is 4.84. The highest BCUT2D eigenvalue weighted by atomic mass is 32.2. The number of aliphatic hydroxyl groups is 1. The largest absolute Gasteiger partial charge is 0.534 e. The summed E-state index contributed by atoms with van der Waals surface area (Å²) in [5, 5.41) is 24.5. The van der Waals surface area contributed by atoms with Gasteiger partial charge in [0.15, 0.2) is 0 Å². The smallest absolute Gasteiger partial charge is 0.379 e. The second-order valence-electron chi connectivity index (χ2n) is 14.8. The summed E-state index contributed by atoms with van der Waals surface area (Å²) in [6, 6.07) is 54.9. The van der Waals surface area contributed by atoms with Crippen molar-refractivity contribution in [3.05, 3.63) is 216 Å². The zero-order valence-electron chi connectivity index (χ0n) is 32.7. The summed E-state index contributed by atoms with van der Waals surface area (Å²) < 4.78 is 68.2. The number of hydrogen-bond donors (Lipinski definition) is 1. The molecule has 1 unspecified atom stereocenters. The molecule has 0 spiro atoms. The van der Waals surface area contributed by atoms with E-state index < -0.39 is 32.5 Å². The normalized spacial score (nSPS) is 13.0. The molecule has 8 aromatic rings. The Kier molecular flexibility index (Phi) is 11.6. The lowest BCUT2D eigenvalue weighted by molar-refractivity contribution is -0.0500. The van der Waals surface area contributed by atoms with Crippen molar-refractivity contribution in [3.63, 3.8) is 0 Å². The minimum absolute atomic E-state index is 0.0429. The molecule has 0 aliphatic heterocycles. The first-order valence-electron chi connectivity index (χ1n) is 19.1. The molecule has 1 heterocycles. The van der Waals surface area contributed by atoms with Crippen molar-refractivity contribution >= 4 is 31.7 Å². The first-order chi connectivity index (χ1) is 28.8. The standard InChI is InChI=1S/C38H33F3N2O4S.C11H7N/c1-27(2)24-36(44,33-20-18-29-23-34(21-19-28(29)22-33)47-48(45,46)38(39,40)41)35-25-43(26-42-35)37(30-12-6-3-7-13-30,31-14-8-4-9-15-31)32-16-10-5-11-17-32;12-8-10-6-3-5-9-4-1-2-7-11(9)10/h3-23,25-27,44H,24H2,1-2H3;1-7H. The summed E-state index contributed by atoms with van der Waals surface area (Å²) in [6.45, 7) is 3.99. The van der Waals surface area contributed by atoms with Crippen LogP contribution in [0.5, 0.6) is 5.75 Å². The van der Waals surface area contributed by atoms with Gasteiger partial charge >= 0.3 is 15.6 Å². The van der Waals surface area contributed by atoms with Crippen molar-refractivity contribution in [2.45, 2.75) is 36.9 Å². The number of benzene rings is 7. The average Bonchev–Trinajstić information content (AvgIpc) is 3.76. The summed E-state index contributed by atoms with van der Waals surface area (Å²) in [7, 11) is -5.82. The van der Waals surface area contributed by atoms with E-state index in [0.717, 1.165) is 39.1 Å². The zero-order chi connectivity index (χ0) is 42.5. The molecule has 7 nitrogen and oxygen atoms in total. The Morgan fingerprint density at radius 2 is 1.22 bits per heavy atom. The monoisotopic (exact) mass is 823 g/mol. The van der Waals surface area contributed by atoms with Crippen LogP contribution in [0, 0.1) is 17.2 Å². The molecular formula is C49H40F3N3O4S. The van der Waals surface area contributed by atoms with Crippen LogP contribution in [0.15, 0.2) is 182 Å². The number of rotatable bonds is 10. The first kappa shape index (κ1) is 41.4. The van der Waals surface area contributed by atoms with Crippen LogP contribution in [0.25, 0.3) is 21.5 Å². The molecule has 60 heavy (non-hydrogen) atoms. The van der Waals surface area contributed by atoms with Gasteiger partial charge in [-0.15, -0.1) is 0 Å². The van der Waals surface area contributed by atoms with Crippen molar-refractivity contribution in [3.8, 4) is 11.8 Å². The molecule has 0 saturated carbocycles. The van der Waals surface area contributed by atoms with Crippen LogP contribution in [-0.4, -0.2) is 28.6 Å². The maximum Gasteiger partial charge on any atom is 0.534 e. The predicted octanol–water partition coefficient (Wildman–Crippen LogP) is 11.1. The van der Waals surface area contributed by atoms with Gasteiger partial charge in [0.1, 0.15) is 16.9 Å². The van der Waals surface area contributed by atoms with Gasteiger partial charge in [-0.25, -0.2) is 4.98 Å². The molecule has 8 rings (SSSR count). The molecule has 11 heteroatoms. The van der Waals surface area contributed by atoms with Gasteiger partial charge in [-0.1, -0.05) is 159 Å². The van der Waals surface area contributed by atoms with Crippen LogP contribution in [0.3, 0.4) is 0 Å². The van der Waals surface area contributed by atoms with Crippen LogP contribution < -0.4 is 4.18 Å². The van der Waals surface area contributed by atoms with Crippen molar-refractivity contribution in [1.29, 1.82) is 5.26 Å². The molecular weight excluding hydrogens is 784 g/mol. The lowest BCUT2D eigenvalue weighted by Crippen LogP contribution is -2.37. The minimum Gasteiger partial charge on any atom is -0.379 e. The molecule has 0 saturated heterocycles. The number of halogens is 3. The molecule has 0 aliphatic rings. The fourth-order valence-corrected chi connectivity index (χ4v) is 8.15. The Bertz CT molecular complexity index is 2790. The van der Waals surface area contributed by atoms with Crippen LogP contribution in [0.2, 0.25) is 0 Å². The quantitative estimate of drug-likeness (QED) is 0.0836. The molecule has 0 aliphatic carbocycles. The molecule has 1 aromatic heterocycles. The number of imidazole rings is 1. The van der Waals surface area contributed by atoms with E-state index in [1.54, 1.807) is 24.5 Å². The fourth-order valence-electron chi connectivity index (χ4n) is 7.70. The second-order valence-corrected chi connectivity index (χ2v) is 16.3. The molecule has 0 fully saturated rings. The van der Waals surface area contributed by atoms with Gasteiger partial charge in [-0.2, -0.15) is 26.9 Å². The molecule has 0 radical (unpaired) electrons.